The largest absolute Gasteiger partial charge is 0.483 e. The average molecular weight is 280 g/mol. The van der Waals surface area contributed by atoms with Crippen LogP contribution in [-0.4, -0.2) is 39.3 Å². The Bertz CT molecular complexity index is 410. The van der Waals surface area contributed by atoms with Crippen molar-refractivity contribution in [1.82, 2.24) is 10.6 Å². The number of methoxy groups -OCH3 is 1. The summed E-state index contributed by atoms with van der Waals surface area (Å²) in [6.45, 7) is 6.02. The second-order valence-corrected chi connectivity index (χ2v) is 4.45. The molecule has 1 rings (SSSR count). The first-order valence-corrected chi connectivity index (χ1v) is 6.89. The number of ether oxygens (including phenoxy) is 2. The van der Waals surface area contributed by atoms with E-state index in [0.717, 1.165) is 17.9 Å². The van der Waals surface area contributed by atoms with Crippen molar-refractivity contribution in [2.24, 2.45) is 0 Å². The maximum absolute atomic E-state index is 11.6. The summed E-state index contributed by atoms with van der Waals surface area (Å²) in [6.07, 6.45) is 0. The topological polar surface area (TPSA) is 59.6 Å². The number of benzene rings is 1. The molecule has 5 nitrogen and oxygen atoms in total. The second kappa shape index (κ2) is 9.34. The summed E-state index contributed by atoms with van der Waals surface area (Å²) in [7, 11) is 1.60. The Morgan fingerprint density at radius 1 is 1.35 bits per heavy atom. The fraction of sp³-hybridized carbons (Fsp3) is 0.533. The molecule has 0 bridgehead atoms. The third-order valence-electron chi connectivity index (χ3n) is 2.88. The Morgan fingerprint density at radius 2 is 2.10 bits per heavy atom. The molecule has 1 aromatic carbocycles. The van der Waals surface area contributed by atoms with Crippen LogP contribution in [0.1, 0.15) is 25.5 Å². The predicted octanol–water partition coefficient (Wildman–Crippen LogP) is 1.50. The first-order chi connectivity index (χ1) is 9.69. The molecule has 0 aliphatic carbocycles. The van der Waals surface area contributed by atoms with Crippen molar-refractivity contribution in [3.63, 3.8) is 0 Å². The maximum Gasteiger partial charge on any atom is 0.258 e. The minimum Gasteiger partial charge on any atom is -0.483 e. The number of carbonyl (C=O) groups excluding carboxylic acids is 1. The summed E-state index contributed by atoms with van der Waals surface area (Å²) in [5, 5.41) is 6.06. The Hall–Kier alpha value is -1.59. The number of rotatable bonds is 9. The van der Waals surface area contributed by atoms with Crippen molar-refractivity contribution in [2.45, 2.75) is 19.9 Å². The highest BCUT2D eigenvalue weighted by atomic mass is 16.5. The standard InChI is InChI=1S/C15H24N2O3/c1-4-16-12(2)13-7-5-6-8-14(13)20-11-15(18)17-9-10-19-3/h5-8,12,16H,4,9-11H2,1-3H3,(H,17,18). The zero-order valence-electron chi connectivity index (χ0n) is 12.4. The Labute approximate surface area is 120 Å². The Morgan fingerprint density at radius 3 is 2.80 bits per heavy atom. The van der Waals surface area contributed by atoms with Crippen LogP contribution in [0.25, 0.3) is 0 Å². The summed E-state index contributed by atoms with van der Waals surface area (Å²) < 4.78 is 10.5. The van der Waals surface area contributed by atoms with E-state index < -0.39 is 0 Å². The first-order valence-electron chi connectivity index (χ1n) is 6.89. The predicted molar refractivity (Wildman–Crippen MR) is 78.9 cm³/mol. The van der Waals surface area contributed by atoms with E-state index in [1.807, 2.05) is 24.3 Å². The van der Waals surface area contributed by atoms with E-state index in [4.69, 9.17) is 9.47 Å². The van der Waals surface area contributed by atoms with E-state index in [0.29, 0.717) is 13.2 Å². The van der Waals surface area contributed by atoms with Crippen LogP contribution in [0.5, 0.6) is 5.75 Å². The molecule has 1 atom stereocenters. The molecule has 2 N–H and O–H groups in total. The van der Waals surface area contributed by atoms with Gasteiger partial charge in [0.1, 0.15) is 5.75 Å². The lowest BCUT2D eigenvalue weighted by Crippen LogP contribution is -2.31. The highest BCUT2D eigenvalue weighted by molar-refractivity contribution is 5.77. The van der Waals surface area contributed by atoms with Crippen LogP contribution in [0.2, 0.25) is 0 Å². The van der Waals surface area contributed by atoms with E-state index in [1.54, 1.807) is 7.11 Å². The van der Waals surface area contributed by atoms with Gasteiger partial charge in [0.15, 0.2) is 6.61 Å². The Balaban J connectivity index is 2.52. The Kier molecular flexibility index (Phi) is 7.69. The summed E-state index contributed by atoms with van der Waals surface area (Å²) in [4.78, 5) is 11.6. The highest BCUT2D eigenvalue weighted by Gasteiger charge is 2.11. The van der Waals surface area contributed by atoms with Gasteiger partial charge >= 0.3 is 0 Å². The monoisotopic (exact) mass is 280 g/mol. The zero-order chi connectivity index (χ0) is 14.8. The summed E-state index contributed by atoms with van der Waals surface area (Å²) in [6, 6.07) is 7.94. The number of carbonyl (C=O) groups is 1. The molecule has 0 saturated carbocycles. The van der Waals surface area contributed by atoms with E-state index in [1.165, 1.54) is 0 Å². The molecule has 1 unspecified atom stereocenters. The van der Waals surface area contributed by atoms with Crippen LogP contribution in [0.4, 0.5) is 0 Å². The first kappa shape index (κ1) is 16.5. The van der Waals surface area contributed by atoms with Crippen LogP contribution in [0.3, 0.4) is 0 Å². The van der Waals surface area contributed by atoms with Crippen LogP contribution < -0.4 is 15.4 Å². The van der Waals surface area contributed by atoms with Crippen LogP contribution in [-0.2, 0) is 9.53 Å². The maximum atomic E-state index is 11.6. The molecule has 20 heavy (non-hydrogen) atoms. The van der Waals surface area contributed by atoms with E-state index >= 15 is 0 Å². The SMILES string of the molecule is CCNC(C)c1ccccc1OCC(=O)NCCOC. The summed E-state index contributed by atoms with van der Waals surface area (Å²) >= 11 is 0. The number of hydrogen-bond acceptors (Lipinski definition) is 4. The molecular formula is C15H24N2O3. The number of hydrogen-bond donors (Lipinski definition) is 2. The fourth-order valence-corrected chi connectivity index (χ4v) is 1.87. The third-order valence-corrected chi connectivity index (χ3v) is 2.88. The van der Waals surface area contributed by atoms with Crippen LogP contribution in [0.15, 0.2) is 24.3 Å². The van der Waals surface area contributed by atoms with Crippen molar-refractivity contribution >= 4 is 5.91 Å². The van der Waals surface area contributed by atoms with Gasteiger partial charge in [-0.2, -0.15) is 0 Å². The summed E-state index contributed by atoms with van der Waals surface area (Å²) in [5.74, 6) is 0.593. The normalized spacial score (nSPS) is 11.9. The molecule has 0 aromatic heterocycles. The van der Waals surface area contributed by atoms with Crippen molar-refractivity contribution in [3.8, 4) is 5.75 Å². The molecule has 0 aliphatic rings. The van der Waals surface area contributed by atoms with Crippen molar-refractivity contribution in [2.75, 3.05) is 33.4 Å². The number of para-hydroxylation sites is 1. The molecule has 0 aliphatic heterocycles. The van der Waals surface area contributed by atoms with E-state index in [2.05, 4.69) is 24.5 Å². The van der Waals surface area contributed by atoms with Gasteiger partial charge in [0.25, 0.3) is 5.91 Å². The van der Waals surface area contributed by atoms with Crippen LogP contribution in [0, 0.1) is 0 Å². The van der Waals surface area contributed by atoms with Crippen molar-refractivity contribution in [1.29, 1.82) is 0 Å². The number of amides is 1. The molecule has 5 heteroatoms. The molecular weight excluding hydrogens is 256 g/mol. The quantitative estimate of drug-likeness (QED) is 0.673. The third kappa shape index (κ3) is 5.59. The van der Waals surface area contributed by atoms with Gasteiger partial charge < -0.3 is 20.1 Å². The molecule has 0 saturated heterocycles. The minimum absolute atomic E-state index is 0.0135. The van der Waals surface area contributed by atoms with E-state index in [-0.39, 0.29) is 18.6 Å². The number of nitrogens with one attached hydrogen (secondary N) is 2. The van der Waals surface area contributed by atoms with Gasteiger partial charge in [0.05, 0.1) is 6.61 Å². The average Bonchev–Trinajstić information content (AvgIpc) is 2.46. The molecule has 0 fully saturated rings. The van der Waals surface area contributed by atoms with Gasteiger partial charge in [0.2, 0.25) is 0 Å². The van der Waals surface area contributed by atoms with E-state index in [9.17, 15) is 4.79 Å². The fourth-order valence-electron chi connectivity index (χ4n) is 1.87. The van der Waals surface area contributed by atoms with Gasteiger partial charge in [-0.15, -0.1) is 0 Å². The van der Waals surface area contributed by atoms with Crippen molar-refractivity contribution < 1.29 is 14.3 Å². The molecule has 1 aromatic rings. The molecule has 0 spiro atoms. The van der Waals surface area contributed by atoms with Gasteiger partial charge in [-0.3, -0.25) is 4.79 Å². The lowest BCUT2D eigenvalue weighted by atomic mass is 10.1. The van der Waals surface area contributed by atoms with Crippen LogP contribution >= 0.6 is 0 Å². The lowest BCUT2D eigenvalue weighted by Gasteiger charge is -2.17. The van der Waals surface area contributed by atoms with Gasteiger partial charge in [-0.25, -0.2) is 0 Å². The van der Waals surface area contributed by atoms with Gasteiger partial charge in [-0.1, -0.05) is 25.1 Å². The molecule has 0 radical (unpaired) electrons. The molecule has 1 amide bonds. The van der Waals surface area contributed by atoms with Crippen molar-refractivity contribution in [3.05, 3.63) is 29.8 Å². The zero-order valence-corrected chi connectivity index (χ0v) is 12.4. The van der Waals surface area contributed by atoms with Gasteiger partial charge in [0, 0.05) is 25.3 Å². The van der Waals surface area contributed by atoms with Gasteiger partial charge in [-0.05, 0) is 19.5 Å². The molecule has 0 heterocycles. The minimum atomic E-state index is -0.145. The second-order valence-electron chi connectivity index (χ2n) is 4.45. The molecule has 112 valence electrons. The highest BCUT2D eigenvalue weighted by Crippen LogP contribution is 2.24. The smallest absolute Gasteiger partial charge is 0.258 e. The lowest BCUT2D eigenvalue weighted by molar-refractivity contribution is -0.123. The summed E-state index contributed by atoms with van der Waals surface area (Å²) in [5.41, 5.74) is 1.05.